The highest BCUT2D eigenvalue weighted by atomic mass is 32.2. The van der Waals surface area contributed by atoms with Crippen LogP contribution in [-0.2, 0) is 0 Å². The van der Waals surface area contributed by atoms with E-state index in [1.165, 1.54) is 11.8 Å². The van der Waals surface area contributed by atoms with E-state index >= 15 is 0 Å². The van der Waals surface area contributed by atoms with Gasteiger partial charge in [0.15, 0.2) is 28.8 Å². The highest BCUT2D eigenvalue weighted by Gasteiger charge is 2.18. The summed E-state index contributed by atoms with van der Waals surface area (Å²) in [6, 6.07) is 10.6. The molecule has 1 aromatic heterocycles. The molecule has 0 atom stereocenters. The van der Waals surface area contributed by atoms with Crippen LogP contribution in [0.25, 0.3) is 11.5 Å². The number of rotatable bonds is 5. The smallest absolute Gasteiger partial charge is 0.277 e. The summed E-state index contributed by atoms with van der Waals surface area (Å²) >= 11 is 1.18. The van der Waals surface area contributed by atoms with Crippen molar-refractivity contribution in [2.45, 2.75) is 5.22 Å². The number of carbonyl (C=O) groups is 1. The van der Waals surface area contributed by atoms with Gasteiger partial charge in [-0.25, -0.2) is 0 Å². The molecule has 2 aliphatic heterocycles. The number of ether oxygens (including phenoxy) is 4. The molecule has 8 nitrogen and oxygen atoms in total. The minimum Gasteiger partial charge on any atom is -0.486 e. The number of ketones is 1. The second-order valence-corrected chi connectivity index (χ2v) is 6.94. The molecule has 0 bridgehead atoms. The zero-order chi connectivity index (χ0) is 18.9. The minimum atomic E-state index is -0.0650. The third-order valence-electron chi connectivity index (χ3n) is 4.22. The average Bonchev–Trinajstić information content (AvgIpc) is 3.40. The Kier molecular flexibility index (Phi) is 4.28. The fraction of sp³-hybridized carbons (Fsp3) is 0.211. The largest absolute Gasteiger partial charge is 0.486 e. The van der Waals surface area contributed by atoms with E-state index < -0.39 is 0 Å². The van der Waals surface area contributed by atoms with Crippen LogP contribution in [0.15, 0.2) is 46.0 Å². The summed E-state index contributed by atoms with van der Waals surface area (Å²) in [5.41, 5.74) is 1.27. The number of aromatic nitrogens is 2. The molecule has 0 spiro atoms. The zero-order valence-corrected chi connectivity index (χ0v) is 15.4. The third kappa shape index (κ3) is 3.24. The van der Waals surface area contributed by atoms with Crippen molar-refractivity contribution >= 4 is 17.5 Å². The van der Waals surface area contributed by atoms with Crippen LogP contribution in [0.4, 0.5) is 0 Å². The Balaban J connectivity index is 1.25. The van der Waals surface area contributed by atoms with Crippen molar-refractivity contribution in [3.05, 3.63) is 42.0 Å². The van der Waals surface area contributed by atoms with Gasteiger partial charge >= 0.3 is 0 Å². The maximum absolute atomic E-state index is 12.5. The van der Waals surface area contributed by atoms with Crippen molar-refractivity contribution in [3.8, 4) is 34.5 Å². The molecule has 2 aliphatic rings. The topological polar surface area (TPSA) is 92.9 Å². The Labute approximate surface area is 163 Å². The van der Waals surface area contributed by atoms with E-state index in [0.717, 1.165) is 5.56 Å². The molecule has 142 valence electrons. The van der Waals surface area contributed by atoms with Gasteiger partial charge in [0.2, 0.25) is 12.7 Å². The van der Waals surface area contributed by atoms with E-state index in [9.17, 15) is 4.79 Å². The Morgan fingerprint density at radius 3 is 2.57 bits per heavy atom. The first kappa shape index (κ1) is 16.9. The number of hydrogen-bond acceptors (Lipinski definition) is 9. The number of Topliss-reactive ketones (excluding diaryl/α,β-unsaturated/α-hetero) is 1. The summed E-state index contributed by atoms with van der Waals surface area (Å²) < 4.78 is 27.3. The number of benzene rings is 2. The number of hydrogen-bond donors (Lipinski definition) is 0. The van der Waals surface area contributed by atoms with Crippen molar-refractivity contribution in [3.63, 3.8) is 0 Å². The molecule has 3 heterocycles. The van der Waals surface area contributed by atoms with Crippen LogP contribution in [0, 0.1) is 0 Å². The Hall–Kier alpha value is -3.20. The van der Waals surface area contributed by atoms with E-state index in [-0.39, 0.29) is 18.3 Å². The van der Waals surface area contributed by atoms with Gasteiger partial charge in [0.05, 0.1) is 5.75 Å². The predicted molar refractivity (Wildman–Crippen MR) is 98.3 cm³/mol. The molecule has 5 rings (SSSR count). The normalized spacial score (nSPS) is 14.1. The summed E-state index contributed by atoms with van der Waals surface area (Å²) in [5.74, 6) is 3.02. The van der Waals surface area contributed by atoms with Gasteiger partial charge in [0.25, 0.3) is 5.22 Å². The first-order valence-corrected chi connectivity index (χ1v) is 9.54. The fourth-order valence-corrected chi connectivity index (χ4v) is 3.50. The van der Waals surface area contributed by atoms with Gasteiger partial charge < -0.3 is 23.4 Å². The first-order valence-electron chi connectivity index (χ1n) is 8.55. The van der Waals surface area contributed by atoms with E-state index in [1.807, 2.05) is 6.07 Å². The zero-order valence-electron chi connectivity index (χ0n) is 14.5. The molecular weight excluding hydrogens is 384 g/mol. The monoisotopic (exact) mass is 398 g/mol. The lowest BCUT2D eigenvalue weighted by Crippen LogP contribution is -2.16. The quantitative estimate of drug-likeness (QED) is 0.474. The summed E-state index contributed by atoms with van der Waals surface area (Å²) in [6.45, 7) is 1.19. The summed E-state index contributed by atoms with van der Waals surface area (Å²) in [4.78, 5) is 12.5. The summed E-state index contributed by atoms with van der Waals surface area (Å²) in [7, 11) is 0. The highest BCUT2D eigenvalue weighted by molar-refractivity contribution is 7.99. The van der Waals surface area contributed by atoms with Gasteiger partial charge in [-0.05, 0) is 36.4 Å². The van der Waals surface area contributed by atoms with Crippen LogP contribution in [-0.4, -0.2) is 41.7 Å². The van der Waals surface area contributed by atoms with Crippen molar-refractivity contribution in [1.29, 1.82) is 0 Å². The van der Waals surface area contributed by atoms with Crippen LogP contribution < -0.4 is 18.9 Å². The van der Waals surface area contributed by atoms with E-state index in [0.29, 0.717) is 52.9 Å². The summed E-state index contributed by atoms with van der Waals surface area (Å²) in [5, 5.41) is 8.36. The first-order chi connectivity index (χ1) is 13.8. The maximum atomic E-state index is 12.5. The second-order valence-electron chi connectivity index (χ2n) is 6.01. The second kappa shape index (κ2) is 7.08. The van der Waals surface area contributed by atoms with Gasteiger partial charge in [0, 0.05) is 11.1 Å². The molecule has 3 aromatic rings. The third-order valence-corrected chi connectivity index (χ3v) is 5.04. The lowest BCUT2D eigenvalue weighted by molar-refractivity contribution is 0.102. The molecule has 0 amide bonds. The molecular formula is C19H14N2O6S. The Morgan fingerprint density at radius 2 is 1.64 bits per heavy atom. The van der Waals surface area contributed by atoms with Crippen LogP contribution in [0.1, 0.15) is 10.4 Å². The minimum absolute atomic E-state index is 0.0650. The van der Waals surface area contributed by atoms with Crippen LogP contribution >= 0.6 is 11.8 Å². The van der Waals surface area contributed by atoms with E-state index in [1.54, 1.807) is 30.3 Å². The molecule has 28 heavy (non-hydrogen) atoms. The Bertz CT molecular complexity index is 1050. The van der Waals surface area contributed by atoms with E-state index in [4.69, 9.17) is 23.4 Å². The van der Waals surface area contributed by atoms with Crippen LogP contribution in [0.3, 0.4) is 0 Å². The molecule has 0 fully saturated rings. The molecule has 2 aromatic carbocycles. The fourth-order valence-electron chi connectivity index (χ4n) is 2.84. The molecule has 0 aliphatic carbocycles. The number of fused-ring (bicyclic) bond motifs is 2. The van der Waals surface area contributed by atoms with Gasteiger partial charge in [0.1, 0.15) is 13.2 Å². The van der Waals surface area contributed by atoms with Gasteiger partial charge in [-0.3, -0.25) is 4.79 Å². The van der Waals surface area contributed by atoms with Crippen molar-refractivity contribution in [2.24, 2.45) is 0 Å². The van der Waals surface area contributed by atoms with E-state index in [2.05, 4.69) is 10.2 Å². The van der Waals surface area contributed by atoms with Crippen molar-refractivity contribution in [2.75, 3.05) is 25.8 Å². The maximum Gasteiger partial charge on any atom is 0.277 e. The molecule has 0 N–H and O–H groups in total. The predicted octanol–water partition coefficient (Wildman–Crippen LogP) is 3.21. The molecule has 0 saturated heterocycles. The molecule has 0 radical (unpaired) electrons. The number of carbonyl (C=O) groups excluding carboxylic acids is 1. The van der Waals surface area contributed by atoms with Crippen LogP contribution in [0.2, 0.25) is 0 Å². The van der Waals surface area contributed by atoms with Gasteiger partial charge in [-0.15, -0.1) is 10.2 Å². The van der Waals surface area contributed by atoms with Gasteiger partial charge in [-0.1, -0.05) is 11.8 Å². The average molecular weight is 398 g/mol. The number of thioether (sulfide) groups is 1. The SMILES string of the molecule is O=C(CSc1nnc(-c2ccc3c(c2)OCO3)o1)c1ccc2c(c1)OCCO2. The van der Waals surface area contributed by atoms with Crippen LogP contribution in [0.5, 0.6) is 23.0 Å². The standard InChI is InChI=1S/C19H14N2O6S/c22-13(11-1-3-14-16(7-11)24-6-5-23-14)9-28-19-21-20-18(27-19)12-2-4-15-17(8-12)26-10-25-15/h1-4,7-8H,5-6,9-10H2. The summed E-state index contributed by atoms with van der Waals surface area (Å²) in [6.07, 6.45) is 0. The molecule has 9 heteroatoms. The number of nitrogens with zero attached hydrogens (tertiary/aromatic N) is 2. The van der Waals surface area contributed by atoms with Gasteiger partial charge in [-0.2, -0.15) is 0 Å². The van der Waals surface area contributed by atoms with Crippen molar-refractivity contribution in [1.82, 2.24) is 10.2 Å². The Morgan fingerprint density at radius 1 is 0.893 bits per heavy atom. The molecule has 0 saturated carbocycles. The molecule has 0 unspecified atom stereocenters. The highest BCUT2D eigenvalue weighted by Crippen LogP contribution is 2.36. The van der Waals surface area contributed by atoms with Crippen molar-refractivity contribution < 1.29 is 28.2 Å². The lowest BCUT2D eigenvalue weighted by atomic mass is 10.1. The lowest BCUT2D eigenvalue weighted by Gasteiger charge is -2.18.